The number of hydrogen-bond acceptors (Lipinski definition) is 4. The smallest absolute Gasteiger partial charge is 0.205 e. The predicted molar refractivity (Wildman–Crippen MR) is 68.6 cm³/mol. The second kappa shape index (κ2) is 4.18. The van der Waals surface area contributed by atoms with Gasteiger partial charge in [0.05, 0.1) is 12.8 Å². The number of benzene rings is 1. The van der Waals surface area contributed by atoms with Gasteiger partial charge in [0.2, 0.25) is 5.95 Å². The molecule has 2 heterocycles. The van der Waals surface area contributed by atoms with Gasteiger partial charge in [-0.25, -0.2) is 4.98 Å². The molecule has 0 atom stereocenters. The Morgan fingerprint density at radius 3 is 3.11 bits per heavy atom. The molecule has 92 valence electrons. The predicted octanol–water partition coefficient (Wildman–Crippen LogP) is 1.46. The van der Waals surface area contributed by atoms with Crippen LogP contribution in [0.15, 0.2) is 30.3 Å². The monoisotopic (exact) mass is 242 g/mol. The van der Waals surface area contributed by atoms with Gasteiger partial charge in [0.25, 0.3) is 0 Å². The minimum atomic E-state index is 0.475. The summed E-state index contributed by atoms with van der Waals surface area (Å²) >= 11 is 0. The second-order valence-electron chi connectivity index (χ2n) is 4.16. The average molecular weight is 242 g/mol. The molecule has 0 spiro atoms. The van der Waals surface area contributed by atoms with E-state index in [1.807, 2.05) is 28.8 Å². The average Bonchev–Trinajstić information content (AvgIpc) is 2.87. The molecule has 5 nitrogen and oxygen atoms in total. The van der Waals surface area contributed by atoms with Crippen molar-refractivity contribution in [2.75, 3.05) is 19.0 Å². The zero-order valence-electron chi connectivity index (χ0n) is 10.1. The number of anilines is 1. The summed E-state index contributed by atoms with van der Waals surface area (Å²) in [6.45, 7) is 1.64. The number of methoxy groups -OCH3 is 1. The summed E-state index contributed by atoms with van der Waals surface area (Å²) in [7, 11) is 1.64. The van der Waals surface area contributed by atoms with Gasteiger partial charge < -0.3 is 10.1 Å². The number of nitrogens with one attached hydrogen (secondary N) is 2. The Kier molecular flexibility index (Phi) is 2.51. The van der Waals surface area contributed by atoms with Gasteiger partial charge in [0.15, 0.2) is 0 Å². The Bertz CT molecular complexity index is 648. The largest absolute Gasteiger partial charge is 0.497 e. The fourth-order valence-electron chi connectivity index (χ4n) is 2.10. The SMILES string of the molecule is COc1cccc(-c2cc(=N)n3c(n2)NCC3)c1. The van der Waals surface area contributed by atoms with E-state index < -0.39 is 0 Å². The Morgan fingerprint density at radius 1 is 1.39 bits per heavy atom. The molecule has 18 heavy (non-hydrogen) atoms. The van der Waals surface area contributed by atoms with Gasteiger partial charge in [-0.15, -0.1) is 0 Å². The minimum absolute atomic E-state index is 0.475. The number of nitrogens with zero attached hydrogens (tertiary/aromatic N) is 2. The van der Waals surface area contributed by atoms with E-state index in [4.69, 9.17) is 10.1 Å². The van der Waals surface area contributed by atoms with Crippen molar-refractivity contribution in [1.29, 1.82) is 5.41 Å². The third-order valence-electron chi connectivity index (χ3n) is 3.03. The number of ether oxygens (including phenoxy) is 1. The molecule has 0 unspecified atom stereocenters. The van der Waals surface area contributed by atoms with Gasteiger partial charge in [-0.1, -0.05) is 12.1 Å². The molecule has 2 N–H and O–H groups in total. The van der Waals surface area contributed by atoms with E-state index >= 15 is 0 Å². The summed E-state index contributed by atoms with van der Waals surface area (Å²) in [6, 6.07) is 9.49. The minimum Gasteiger partial charge on any atom is -0.497 e. The first kappa shape index (κ1) is 10.8. The Hall–Kier alpha value is -2.30. The zero-order valence-corrected chi connectivity index (χ0v) is 10.1. The topological polar surface area (TPSA) is 62.9 Å². The van der Waals surface area contributed by atoms with Crippen molar-refractivity contribution in [3.63, 3.8) is 0 Å². The standard InChI is InChI=1S/C13H14N4O/c1-18-10-4-2-3-9(7-10)11-8-12(14)17-6-5-15-13(17)16-11/h2-4,7-8,14H,5-6H2,1H3,(H,15,16). The van der Waals surface area contributed by atoms with Crippen LogP contribution < -0.4 is 15.5 Å². The summed E-state index contributed by atoms with van der Waals surface area (Å²) in [5.41, 5.74) is 2.22. The van der Waals surface area contributed by atoms with Crippen LogP contribution in [-0.2, 0) is 6.54 Å². The van der Waals surface area contributed by atoms with Gasteiger partial charge in [0.1, 0.15) is 11.2 Å². The summed E-state index contributed by atoms with van der Waals surface area (Å²) in [6.07, 6.45) is 0. The van der Waals surface area contributed by atoms with Crippen molar-refractivity contribution in [2.45, 2.75) is 6.54 Å². The molecule has 0 amide bonds. The van der Waals surface area contributed by atoms with Crippen molar-refractivity contribution in [3.8, 4) is 17.0 Å². The molecular formula is C13H14N4O. The van der Waals surface area contributed by atoms with E-state index in [1.54, 1.807) is 13.2 Å². The fourth-order valence-corrected chi connectivity index (χ4v) is 2.10. The quantitative estimate of drug-likeness (QED) is 0.838. The molecule has 1 aliphatic heterocycles. The van der Waals surface area contributed by atoms with Gasteiger partial charge in [0, 0.05) is 24.7 Å². The number of hydrogen-bond donors (Lipinski definition) is 2. The van der Waals surface area contributed by atoms with Crippen LogP contribution in [0.5, 0.6) is 5.75 Å². The maximum atomic E-state index is 7.99. The van der Waals surface area contributed by atoms with Crippen LogP contribution in [0.25, 0.3) is 11.3 Å². The van der Waals surface area contributed by atoms with Gasteiger partial charge in [-0.05, 0) is 12.1 Å². The Labute approximate surface area is 105 Å². The van der Waals surface area contributed by atoms with E-state index in [0.29, 0.717) is 5.49 Å². The van der Waals surface area contributed by atoms with Crippen LogP contribution in [0.4, 0.5) is 5.95 Å². The number of aromatic nitrogens is 2. The lowest BCUT2D eigenvalue weighted by Gasteiger charge is -2.07. The van der Waals surface area contributed by atoms with Crippen LogP contribution in [-0.4, -0.2) is 23.2 Å². The molecule has 3 rings (SSSR count). The third-order valence-corrected chi connectivity index (χ3v) is 3.03. The van der Waals surface area contributed by atoms with E-state index in [1.165, 1.54) is 0 Å². The van der Waals surface area contributed by atoms with Gasteiger partial charge in [-0.3, -0.25) is 9.98 Å². The lowest BCUT2D eigenvalue weighted by Crippen LogP contribution is -2.18. The van der Waals surface area contributed by atoms with Crippen molar-refractivity contribution < 1.29 is 4.74 Å². The van der Waals surface area contributed by atoms with Gasteiger partial charge in [-0.2, -0.15) is 0 Å². The normalized spacial score (nSPS) is 12.9. The van der Waals surface area contributed by atoms with Crippen LogP contribution in [0.3, 0.4) is 0 Å². The summed E-state index contributed by atoms with van der Waals surface area (Å²) < 4.78 is 7.07. The Morgan fingerprint density at radius 2 is 2.28 bits per heavy atom. The molecule has 5 heteroatoms. The molecule has 1 aliphatic rings. The lowest BCUT2D eigenvalue weighted by molar-refractivity contribution is 0.415. The first-order valence-electron chi connectivity index (χ1n) is 5.83. The molecular weight excluding hydrogens is 228 g/mol. The highest BCUT2D eigenvalue weighted by Crippen LogP contribution is 2.22. The van der Waals surface area contributed by atoms with E-state index in [9.17, 15) is 0 Å². The van der Waals surface area contributed by atoms with Gasteiger partial charge >= 0.3 is 0 Å². The number of fused-ring (bicyclic) bond motifs is 1. The first-order chi connectivity index (χ1) is 8.78. The van der Waals surface area contributed by atoms with E-state index in [-0.39, 0.29) is 0 Å². The summed E-state index contributed by atoms with van der Waals surface area (Å²) in [5.74, 6) is 1.56. The lowest BCUT2D eigenvalue weighted by atomic mass is 10.1. The Balaban J connectivity index is 2.12. The molecule has 0 radical (unpaired) electrons. The van der Waals surface area contributed by atoms with Crippen molar-refractivity contribution >= 4 is 5.95 Å². The molecule has 1 aromatic heterocycles. The van der Waals surface area contributed by atoms with Crippen molar-refractivity contribution in [2.24, 2.45) is 0 Å². The highest BCUT2D eigenvalue weighted by molar-refractivity contribution is 5.62. The molecule has 0 fully saturated rings. The summed E-state index contributed by atoms with van der Waals surface area (Å²) in [4.78, 5) is 4.54. The molecule has 0 saturated carbocycles. The zero-order chi connectivity index (χ0) is 12.5. The molecule has 1 aromatic carbocycles. The van der Waals surface area contributed by atoms with Crippen LogP contribution in [0.2, 0.25) is 0 Å². The molecule has 0 bridgehead atoms. The van der Waals surface area contributed by atoms with Crippen molar-refractivity contribution in [1.82, 2.24) is 9.55 Å². The molecule has 0 aliphatic carbocycles. The maximum Gasteiger partial charge on any atom is 0.205 e. The summed E-state index contributed by atoms with van der Waals surface area (Å²) in [5, 5.41) is 11.2. The van der Waals surface area contributed by atoms with Crippen LogP contribution in [0.1, 0.15) is 0 Å². The number of rotatable bonds is 2. The first-order valence-corrected chi connectivity index (χ1v) is 5.83. The fraction of sp³-hybridized carbons (Fsp3) is 0.231. The maximum absolute atomic E-state index is 7.99. The van der Waals surface area contributed by atoms with E-state index in [0.717, 1.165) is 36.0 Å². The van der Waals surface area contributed by atoms with Crippen molar-refractivity contribution in [3.05, 3.63) is 35.8 Å². The van der Waals surface area contributed by atoms with E-state index in [2.05, 4.69) is 10.3 Å². The highest BCUT2D eigenvalue weighted by Gasteiger charge is 2.13. The second-order valence-corrected chi connectivity index (χ2v) is 4.16. The van der Waals surface area contributed by atoms with Crippen LogP contribution >= 0.6 is 0 Å². The molecule has 0 saturated heterocycles. The highest BCUT2D eigenvalue weighted by atomic mass is 16.5. The molecule has 2 aromatic rings. The van der Waals surface area contributed by atoms with Crippen LogP contribution in [0, 0.1) is 5.41 Å². The third kappa shape index (κ3) is 1.73.